The van der Waals surface area contributed by atoms with Gasteiger partial charge in [0.1, 0.15) is 11.5 Å². The molecule has 0 aromatic heterocycles. The lowest BCUT2D eigenvalue weighted by Crippen LogP contribution is -2.26. The average molecular weight is 423 g/mol. The second-order valence-corrected chi connectivity index (χ2v) is 9.29. The summed E-state index contributed by atoms with van der Waals surface area (Å²) in [5, 5.41) is -0.288. The highest BCUT2D eigenvalue weighted by atomic mass is 32.2. The Balaban J connectivity index is 1.53. The van der Waals surface area contributed by atoms with Crippen molar-refractivity contribution in [1.29, 1.82) is 0 Å². The minimum Gasteiger partial charge on any atom is -0.457 e. The molecular weight excluding hydrogens is 400 g/mol. The summed E-state index contributed by atoms with van der Waals surface area (Å²) in [5.74, 6) is 0.847. The van der Waals surface area contributed by atoms with E-state index in [-0.39, 0.29) is 11.8 Å². The zero-order valence-electron chi connectivity index (χ0n) is 16.2. The molecule has 0 atom stereocenters. The average Bonchev–Trinajstić information content (AvgIpc) is 3.60. The van der Waals surface area contributed by atoms with Crippen molar-refractivity contribution in [2.75, 3.05) is 0 Å². The van der Waals surface area contributed by atoms with Crippen LogP contribution < -0.4 is 15.2 Å². The van der Waals surface area contributed by atoms with Crippen LogP contribution in [0.25, 0.3) is 11.1 Å². The van der Waals surface area contributed by atoms with Crippen molar-refractivity contribution in [3.05, 3.63) is 83.9 Å². The van der Waals surface area contributed by atoms with Crippen LogP contribution in [0.3, 0.4) is 0 Å². The van der Waals surface area contributed by atoms with Gasteiger partial charge in [0.05, 0.1) is 5.25 Å². The number of amides is 1. The number of sulfonamides is 1. The molecule has 1 saturated carbocycles. The molecule has 1 amide bonds. The van der Waals surface area contributed by atoms with E-state index in [1.54, 1.807) is 18.2 Å². The van der Waals surface area contributed by atoms with Crippen molar-refractivity contribution in [1.82, 2.24) is 4.72 Å². The number of carbonyl (C=O) groups excluding carboxylic acids is 1. The van der Waals surface area contributed by atoms with E-state index in [1.165, 1.54) is 0 Å². The van der Waals surface area contributed by atoms with E-state index < -0.39 is 15.9 Å². The summed E-state index contributed by atoms with van der Waals surface area (Å²) in [6, 6.07) is 22.0. The molecule has 6 nitrogen and oxygen atoms in total. The number of carbonyl (C=O) groups is 1. The van der Waals surface area contributed by atoms with Gasteiger partial charge in [0.2, 0.25) is 15.9 Å². The molecule has 0 saturated heterocycles. The van der Waals surface area contributed by atoms with E-state index in [2.05, 4.69) is 4.72 Å². The highest BCUT2D eigenvalue weighted by Gasteiger charge is 2.35. The topological polar surface area (TPSA) is 98.5 Å². The predicted octanol–water partition coefficient (Wildman–Crippen LogP) is 3.83. The number of benzene rings is 3. The third-order valence-corrected chi connectivity index (χ3v) is 6.83. The van der Waals surface area contributed by atoms with Crippen LogP contribution in [0.15, 0.2) is 72.8 Å². The molecule has 0 aliphatic heterocycles. The number of para-hydroxylation sites is 1. The standard InChI is InChI=1S/C23H22N2O4S/c24-23(26)22-14-16(15-25-30(27,28)20-11-12-20)6-13-21(22)17-7-9-19(10-8-17)29-18-4-2-1-3-5-18/h1-10,13-14,20,25H,11-12,15H2,(H2,24,26). The Morgan fingerprint density at radius 2 is 1.63 bits per heavy atom. The van der Waals surface area contributed by atoms with Crippen molar-refractivity contribution >= 4 is 15.9 Å². The van der Waals surface area contributed by atoms with Crippen LogP contribution in [0.2, 0.25) is 0 Å². The molecule has 4 rings (SSSR count). The second kappa shape index (κ2) is 8.30. The SMILES string of the molecule is NC(=O)c1cc(CNS(=O)(=O)C2CC2)ccc1-c1ccc(Oc2ccccc2)cc1. The van der Waals surface area contributed by atoms with Crippen LogP contribution >= 0.6 is 0 Å². The maximum atomic E-state index is 12.0. The maximum Gasteiger partial charge on any atom is 0.249 e. The Morgan fingerprint density at radius 3 is 2.27 bits per heavy atom. The van der Waals surface area contributed by atoms with Crippen LogP contribution in [0.5, 0.6) is 11.5 Å². The normalized spacial score (nSPS) is 13.7. The molecule has 154 valence electrons. The summed E-state index contributed by atoms with van der Waals surface area (Å²) in [6.45, 7) is 0.128. The predicted molar refractivity (Wildman–Crippen MR) is 116 cm³/mol. The van der Waals surface area contributed by atoms with Crippen molar-refractivity contribution in [2.45, 2.75) is 24.6 Å². The van der Waals surface area contributed by atoms with Crippen LogP contribution in [0, 0.1) is 0 Å². The van der Waals surface area contributed by atoms with Gasteiger partial charge in [0.25, 0.3) is 0 Å². The van der Waals surface area contributed by atoms with Crippen LogP contribution in [-0.2, 0) is 16.6 Å². The van der Waals surface area contributed by atoms with E-state index in [4.69, 9.17) is 10.5 Å². The van der Waals surface area contributed by atoms with Gasteiger partial charge in [-0.3, -0.25) is 4.79 Å². The molecule has 0 heterocycles. The molecular formula is C23H22N2O4S. The van der Waals surface area contributed by atoms with Crippen molar-refractivity contribution in [2.24, 2.45) is 5.73 Å². The molecule has 0 unspecified atom stereocenters. The highest BCUT2D eigenvalue weighted by molar-refractivity contribution is 7.90. The molecule has 1 aliphatic rings. The Bertz CT molecular complexity index is 1160. The quantitative estimate of drug-likeness (QED) is 0.576. The summed E-state index contributed by atoms with van der Waals surface area (Å²) in [6.07, 6.45) is 1.40. The molecule has 1 fully saturated rings. The van der Waals surface area contributed by atoms with Gasteiger partial charge in [0, 0.05) is 12.1 Å². The van der Waals surface area contributed by atoms with E-state index in [0.29, 0.717) is 35.3 Å². The van der Waals surface area contributed by atoms with Gasteiger partial charge in [-0.15, -0.1) is 0 Å². The van der Waals surface area contributed by atoms with Gasteiger partial charge < -0.3 is 10.5 Å². The monoisotopic (exact) mass is 422 g/mol. The summed E-state index contributed by atoms with van der Waals surface area (Å²) in [5.41, 5.74) is 8.11. The number of primary amides is 1. The van der Waals surface area contributed by atoms with Gasteiger partial charge in [-0.25, -0.2) is 13.1 Å². The first-order chi connectivity index (χ1) is 14.4. The van der Waals surface area contributed by atoms with Gasteiger partial charge in [-0.2, -0.15) is 0 Å². The summed E-state index contributed by atoms with van der Waals surface area (Å²) in [4.78, 5) is 12.0. The molecule has 3 aromatic carbocycles. The fourth-order valence-electron chi connectivity index (χ4n) is 3.16. The molecule has 0 radical (unpaired) electrons. The summed E-state index contributed by atoms with van der Waals surface area (Å²) in [7, 11) is -3.29. The summed E-state index contributed by atoms with van der Waals surface area (Å²) >= 11 is 0. The molecule has 0 spiro atoms. The van der Waals surface area contributed by atoms with Crippen molar-refractivity contribution < 1.29 is 17.9 Å². The molecule has 30 heavy (non-hydrogen) atoms. The lowest BCUT2D eigenvalue weighted by atomic mass is 9.97. The smallest absolute Gasteiger partial charge is 0.249 e. The molecule has 0 bridgehead atoms. The van der Waals surface area contributed by atoms with E-state index in [0.717, 1.165) is 11.3 Å². The number of ether oxygens (including phenoxy) is 1. The fourth-order valence-corrected chi connectivity index (χ4v) is 4.52. The zero-order chi connectivity index (χ0) is 21.1. The van der Waals surface area contributed by atoms with E-state index in [1.807, 2.05) is 54.6 Å². The van der Waals surface area contributed by atoms with E-state index >= 15 is 0 Å². The third-order valence-electron chi connectivity index (χ3n) is 4.93. The first-order valence-corrected chi connectivity index (χ1v) is 11.2. The van der Waals surface area contributed by atoms with Gasteiger partial charge in [-0.05, 0) is 59.9 Å². The number of nitrogens with one attached hydrogen (secondary N) is 1. The van der Waals surface area contributed by atoms with Crippen LogP contribution in [0.1, 0.15) is 28.8 Å². The Morgan fingerprint density at radius 1 is 0.967 bits per heavy atom. The highest BCUT2D eigenvalue weighted by Crippen LogP contribution is 2.30. The number of nitrogens with two attached hydrogens (primary N) is 1. The van der Waals surface area contributed by atoms with Gasteiger partial charge in [0.15, 0.2) is 0 Å². The third kappa shape index (κ3) is 4.69. The molecule has 1 aliphatic carbocycles. The van der Waals surface area contributed by atoms with Crippen molar-refractivity contribution in [3.8, 4) is 22.6 Å². The minimum absolute atomic E-state index is 0.128. The maximum absolute atomic E-state index is 12.0. The minimum atomic E-state index is -3.29. The second-order valence-electron chi connectivity index (χ2n) is 7.25. The lowest BCUT2D eigenvalue weighted by molar-refractivity contribution is 0.100. The number of rotatable bonds is 8. The first kappa shape index (κ1) is 20.1. The largest absolute Gasteiger partial charge is 0.457 e. The van der Waals surface area contributed by atoms with Crippen LogP contribution in [0.4, 0.5) is 0 Å². The lowest BCUT2D eigenvalue weighted by Gasteiger charge is -2.12. The molecule has 7 heteroatoms. The number of hydrogen-bond acceptors (Lipinski definition) is 4. The van der Waals surface area contributed by atoms with Crippen molar-refractivity contribution in [3.63, 3.8) is 0 Å². The molecule has 3 N–H and O–H groups in total. The summed E-state index contributed by atoms with van der Waals surface area (Å²) < 4.78 is 32.4. The van der Waals surface area contributed by atoms with Gasteiger partial charge in [-0.1, -0.05) is 42.5 Å². The fraction of sp³-hybridized carbons (Fsp3) is 0.174. The van der Waals surface area contributed by atoms with Gasteiger partial charge >= 0.3 is 0 Å². The van der Waals surface area contributed by atoms with E-state index in [9.17, 15) is 13.2 Å². The first-order valence-electron chi connectivity index (χ1n) is 9.67. The zero-order valence-corrected chi connectivity index (χ0v) is 17.1. The van der Waals surface area contributed by atoms with Crippen LogP contribution in [-0.4, -0.2) is 19.6 Å². The molecule has 3 aromatic rings. The Labute approximate surface area is 175 Å². The Hall–Kier alpha value is -3.16. The number of hydrogen-bond donors (Lipinski definition) is 2. The Kier molecular flexibility index (Phi) is 5.57.